The first-order valence-electron chi connectivity index (χ1n) is 2.14. The minimum atomic E-state index is -2.35. The molecule has 0 radical (unpaired) electrons. The third kappa shape index (κ3) is 4.07. The Morgan fingerprint density at radius 2 is 2.22 bits per heavy atom. The van der Waals surface area contributed by atoms with Crippen molar-refractivity contribution in [2.75, 3.05) is 5.75 Å². The Labute approximate surface area is 54.1 Å². The van der Waals surface area contributed by atoms with Crippen molar-refractivity contribution in [3.8, 4) is 0 Å². The highest BCUT2D eigenvalue weighted by Gasteiger charge is 2.05. The highest BCUT2D eigenvalue weighted by molar-refractivity contribution is 7.79. The molecule has 0 bridgehead atoms. The van der Waals surface area contributed by atoms with Crippen LogP contribution in [0.25, 0.3) is 0 Å². The van der Waals surface area contributed by atoms with Crippen LogP contribution >= 0.6 is 0 Å². The molecule has 0 aromatic heterocycles. The zero-order valence-electron chi connectivity index (χ0n) is 4.53. The van der Waals surface area contributed by atoms with Gasteiger partial charge in [0.1, 0.15) is 12.0 Å². The van der Waals surface area contributed by atoms with Crippen LogP contribution in [0.4, 0.5) is 0 Å². The van der Waals surface area contributed by atoms with Crippen LogP contribution in [0.5, 0.6) is 0 Å². The molecule has 0 fully saturated rings. The molecule has 6 heteroatoms. The molecule has 0 aliphatic rings. The number of carbonyl (C=O) groups excluding carboxylic acids is 1. The summed E-state index contributed by atoms with van der Waals surface area (Å²) in [4.78, 5) is 9.79. The molecule has 0 saturated carbocycles. The molecule has 9 heavy (non-hydrogen) atoms. The lowest BCUT2D eigenvalue weighted by molar-refractivity contribution is -0.431. The zero-order chi connectivity index (χ0) is 7.44. The fourth-order valence-electron chi connectivity index (χ4n) is 0.232. The van der Waals surface area contributed by atoms with Gasteiger partial charge in [-0.2, -0.15) is 0 Å². The molecule has 0 aromatic carbocycles. The van der Waals surface area contributed by atoms with Crippen LogP contribution in [0, 0.1) is 0 Å². The molecule has 5 nitrogen and oxygen atoms in total. The first-order valence-corrected chi connectivity index (χ1v) is 3.38. The average molecular weight is 152 g/mol. The summed E-state index contributed by atoms with van der Waals surface area (Å²) >= 11 is -2.35. The summed E-state index contributed by atoms with van der Waals surface area (Å²) in [5.74, 6) is -1.93. The molecule has 2 unspecified atom stereocenters. The minimum Gasteiger partial charge on any atom is -0.772 e. The van der Waals surface area contributed by atoms with E-state index < -0.39 is 28.8 Å². The quantitative estimate of drug-likeness (QED) is 0.418. The third-order valence-electron chi connectivity index (χ3n) is 0.671. The number of hydrogen-bond donors (Lipinski definition) is 1. The van der Waals surface area contributed by atoms with Gasteiger partial charge in [0.2, 0.25) is 0 Å². The molecule has 2 atom stereocenters. The van der Waals surface area contributed by atoms with E-state index in [1.165, 1.54) is 0 Å². The van der Waals surface area contributed by atoms with Gasteiger partial charge < -0.3 is 20.2 Å². The second-order valence-electron chi connectivity index (χ2n) is 1.49. The van der Waals surface area contributed by atoms with E-state index in [-0.39, 0.29) is 0 Å². The predicted molar refractivity (Wildman–Crippen MR) is 25.5 cm³/mol. The van der Waals surface area contributed by atoms with E-state index in [9.17, 15) is 18.7 Å². The van der Waals surface area contributed by atoms with Crippen molar-refractivity contribution in [2.24, 2.45) is 0 Å². The molecule has 0 aromatic rings. The van der Waals surface area contributed by atoms with Gasteiger partial charge in [-0.05, 0) is 11.1 Å². The average Bonchev–Trinajstić information content (AvgIpc) is 1.63. The Hall–Kier alpha value is -0.460. The van der Waals surface area contributed by atoms with E-state index in [4.69, 9.17) is 0 Å². The van der Waals surface area contributed by atoms with Crippen LogP contribution in [0.2, 0.25) is 0 Å². The van der Waals surface area contributed by atoms with Crippen LogP contribution in [0.1, 0.15) is 0 Å². The van der Waals surface area contributed by atoms with Gasteiger partial charge in [-0.25, -0.2) is 0 Å². The van der Waals surface area contributed by atoms with Crippen LogP contribution < -0.4 is 10.8 Å². The number of rotatable bonds is 3. The lowest BCUT2D eigenvalue weighted by Crippen LogP contribution is -2.70. The Kier molecular flexibility index (Phi) is 3.36. The summed E-state index contributed by atoms with van der Waals surface area (Å²) in [5, 5.41) is 9.79. The van der Waals surface area contributed by atoms with Gasteiger partial charge in [-0.15, -0.1) is 0 Å². The summed E-state index contributed by atoms with van der Waals surface area (Å²) in [6.07, 6.45) is 0. The fourth-order valence-corrected chi connectivity index (χ4v) is 0.697. The zero-order valence-corrected chi connectivity index (χ0v) is 5.35. The maximum atomic E-state index is 9.79. The lowest BCUT2D eigenvalue weighted by Gasteiger charge is -2.10. The minimum absolute atomic E-state index is 0.484. The van der Waals surface area contributed by atoms with Crippen molar-refractivity contribution in [3.63, 3.8) is 0 Å². The number of quaternary nitrogens is 1. The number of hydrogen-bond acceptors (Lipinski definition) is 4. The van der Waals surface area contributed by atoms with Crippen molar-refractivity contribution >= 4 is 17.0 Å². The van der Waals surface area contributed by atoms with Crippen LogP contribution in [0.15, 0.2) is 0 Å². The van der Waals surface area contributed by atoms with Gasteiger partial charge in [0, 0.05) is 0 Å². The maximum absolute atomic E-state index is 9.79. The molecule has 0 spiro atoms. The summed E-state index contributed by atoms with van der Waals surface area (Å²) in [6, 6.07) is -1.16. The maximum Gasteiger partial charge on any atom is 0.135 e. The van der Waals surface area contributed by atoms with Gasteiger partial charge in [-0.1, -0.05) is 0 Å². The van der Waals surface area contributed by atoms with E-state index in [0.717, 1.165) is 0 Å². The smallest absolute Gasteiger partial charge is 0.135 e. The normalized spacial score (nSPS) is 16.7. The van der Waals surface area contributed by atoms with E-state index in [2.05, 4.69) is 5.73 Å². The topological polar surface area (TPSA) is 108 Å². The Bertz CT molecular complexity index is 136. The molecule has 0 heterocycles. The van der Waals surface area contributed by atoms with Gasteiger partial charge in [0.05, 0.1) is 5.75 Å². The third-order valence-corrected chi connectivity index (χ3v) is 1.35. The van der Waals surface area contributed by atoms with E-state index in [1.54, 1.807) is 0 Å². The molecule has 0 aliphatic carbocycles. The predicted octanol–water partition coefficient (Wildman–Crippen LogP) is -3.77. The Morgan fingerprint density at radius 3 is 2.33 bits per heavy atom. The molecule has 3 N–H and O–H groups in total. The first-order chi connectivity index (χ1) is 4.04. The van der Waals surface area contributed by atoms with Gasteiger partial charge in [0.25, 0.3) is 0 Å². The van der Waals surface area contributed by atoms with Gasteiger partial charge in [-0.3, -0.25) is 4.21 Å². The van der Waals surface area contributed by atoms with Crippen molar-refractivity contribution in [2.45, 2.75) is 6.04 Å². The second kappa shape index (κ2) is 3.54. The van der Waals surface area contributed by atoms with Crippen molar-refractivity contribution < 1.29 is 24.4 Å². The van der Waals surface area contributed by atoms with Crippen LogP contribution in [-0.4, -0.2) is 26.5 Å². The highest BCUT2D eigenvalue weighted by Crippen LogP contribution is 1.76. The first kappa shape index (κ1) is 8.54. The Balaban J connectivity index is 3.63. The molecule has 0 rings (SSSR count). The highest BCUT2D eigenvalue weighted by atomic mass is 32.2. The van der Waals surface area contributed by atoms with Crippen LogP contribution in [-0.2, 0) is 15.9 Å². The molecule has 0 amide bonds. The van der Waals surface area contributed by atoms with Gasteiger partial charge >= 0.3 is 0 Å². The number of carbonyl (C=O) groups is 1. The molecule has 0 aliphatic heterocycles. The van der Waals surface area contributed by atoms with Crippen LogP contribution in [0.3, 0.4) is 0 Å². The summed E-state index contributed by atoms with van der Waals surface area (Å²) < 4.78 is 19.6. The second-order valence-corrected chi connectivity index (χ2v) is 2.43. The standard InChI is InChI=1S/C3H7NO4S/c4-2(3(5)6)1-9(7)8/h2H,1,4H2,(H,5,6)(H,7,8)/p-1. The van der Waals surface area contributed by atoms with Crippen molar-refractivity contribution in [1.82, 2.24) is 0 Å². The molecular weight excluding hydrogens is 146 g/mol. The largest absolute Gasteiger partial charge is 0.772 e. The van der Waals surface area contributed by atoms with Gasteiger partial charge in [0.15, 0.2) is 0 Å². The van der Waals surface area contributed by atoms with Crippen molar-refractivity contribution in [3.05, 3.63) is 0 Å². The lowest BCUT2D eigenvalue weighted by atomic mass is 10.4. The Morgan fingerprint density at radius 1 is 1.78 bits per heavy atom. The number of carboxylic acids is 1. The number of aliphatic carboxylic acids is 1. The molecule has 0 saturated heterocycles. The molecular formula is C3H6NO4S-. The number of carboxylic acid groups (broad SMARTS) is 1. The molecule has 54 valence electrons. The van der Waals surface area contributed by atoms with E-state index in [1.807, 2.05) is 0 Å². The summed E-state index contributed by atoms with van der Waals surface area (Å²) in [7, 11) is 0. The summed E-state index contributed by atoms with van der Waals surface area (Å²) in [6.45, 7) is 0. The fraction of sp³-hybridized carbons (Fsp3) is 0.667. The van der Waals surface area contributed by atoms with Crippen molar-refractivity contribution in [1.29, 1.82) is 0 Å². The summed E-state index contributed by atoms with van der Waals surface area (Å²) in [5.41, 5.74) is 3.02. The SMILES string of the molecule is [NH3+]C(CS(=O)[O-])C(=O)[O-]. The van der Waals surface area contributed by atoms with E-state index >= 15 is 0 Å². The monoisotopic (exact) mass is 152 g/mol. The van der Waals surface area contributed by atoms with E-state index in [0.29, 0.717) is 0 Å².